The predicted molar refractivity (Wildman–Crippen MR) is 90.5 cm³/mol. The minimum atomic E-state index is 1.09. The van der Waals surface area contributed by atoms with Gasteiger partial charge in [-0.3, -0.25) is 4.90 Å². The van der Waals surface area contributed by atoms with Crippen LogP contribution < -0.4 is 5.32 Å². The van der Waals surface area contributed by atoms with Crippen LogP contribution in [0.1, 0.15) is 30.9 Å². The topological polar surface area (TPSA) is 15.3 Å². The summed E-state index contributed by atoms with van der Waals surface area (Å²) in [7, 11) is 0. The lowest BCUT2D eigenvalue weighted by molar-refractivity contribution is 0.287. The van der Waals surface area contributed by atoms with Crippen LogP contribution >= 0.6 is 11.8 Å². The third kappa shape index (κ3) is 5.86. The monoisotopic (exact) mass is 292 g/mol. The van der Waals surface area contributed by atoms with Crippen LogP contribution in [0.3, 0.4) is 0 Å². The summed E-state index contributed by atoms with van der Waals surface area (Å²) < 4.78 is 0. The molecule has 1 aliphatic rings. The minimum Gasteiger partial charge on any atom is -0.316 e. The molecule has 0 atom stereocenters. The average molecular weight is 292 g/mol. The molecule has 0 bridgehead atoms. The molecule has 0 amide bonds. The quantitative estimate of drug-likeness (QED) is 0.777. The van der Waals surface area contributed by atoms with Crippen molar-refractivity contribution in [3.63, 3.8) is 0 Å². The Morgan fingerprint density at radius 3 is 2.65 bits per heavy atom. The van der Waals surface area contributed by atoms with Gasteiger partial charge in [-0.1, -0.05) is 31.2 Å². The van der Waals surface area contributed by atoms with Crippen molar-refractivity contribution >= 4 is 11.8 Å². The molecular weight excluding hydrogens is 264 g/mol. The van der Waals surface area contributed by atoms with Crippen molar-refractivity contribution in [3.05, 3.63) is 35.4 Å². The predicted octanol–water partition coefficient (Wildman–Crippen LogP) is 3.17. The summed E-state index contributed by atoms with van der Waals surface area (Å²) in [6, 6.07) is 9.23. The Kier molecular flexibility index (Phi) is 7.48. The molecule has 2 nitrogen and oxygen atoms in total. The van der Waals surface area contributed by atoms with E-state index in [9.17, 15) is 0 Å². The fourth-order valence-corrected chi connectivity index (χ4v) is 3.48. The van der Waals surface area contributed by atoms with Crippen LogP contribution in [0.25, 0.3) is 0 Å². The number of hydrogen-bond donors (Lipinski definition) is 1. The summed E-state index contributed by atoms with van der Waals surface area (Å²) in [5.74, 6) is 2.63. The number of thioether (sulfide) groups is 1. The van der Waals surface area contributed by atoms with Gasteiger partial charge in [0.1, 0.15) is 0 Å². The van der Waals surface area contributed by atoms with Gasteiger partial charge in [0.15, 0.2) is 0 Å². The SMILES string of the molecule is CCCNCCc1ccc(CN2CCCSCC2)cc1. The van der Waals surface area contributed by atoms with Crippen LogP contribution in [-0.4, -0.2) is 42.6 Å². The molecule has 3 heteroatoms. The highest BCUT2D eigenvalue weighted by atomic mass is 32.2. The molecule has 0 spiro atoms. The Balaban J connectivity index is 1.75. The second-order valence-corrected chi connectivity index (χ2v) is 6.78. The molecule has 1 N–H and O–H groups in total. The summed E-state index contributed by atoms with van der Waals surface area (Å²) >= 11 is 2.10. The summed E-state index contributed by atoms with van der Waals surface area (Å²) in [6.07, 6.45) is 3.69. The van der Waals surface area contributed by atoms with Gasteiger partial charge < -0.3 is 5.32 Å². The molecule has 0 aliphatic carbocycles. The second-order valence-electron chi connectivity index (χ2n) is 5.56. The summed E-state index contributed by atoms with van der Waals surface area (Å²) in [5.41, 5.74) is 2.91. The lowest BCUT2D eigenvalue weighted by atomic mass is 10.1. The molecule has 1 aromatic rings. The molecule has 0 radical (unpaired) electrons. The van der Waals surface area contributed by atoms with Gasteiger partial charge in [0, 0.05) is 18.8 Å². The fourth-order valence-electron chi connectivity index (χ4n) is 2.56. The first kappa shape index (κ1) is 15.9. The first-order chi connectivity index (χ1) is 9.88. The Labute approximate surface area is 128 Å². The zero-order valence-corrected chi connectivity index (χ0v) is 13.6. The van der Waals surface area contributed by atoms with Crippen LogP contribution in [0.4, 0.5) is 0 Å². The van der Waals surface area contributed by atoms with Crippen molar-refractivity contribution in [2.24, 2.45) is 0 Å². The van der Waals surface area contributed by atoms with Gasteiger partial charge in [-0.2, -0.15) is 11.8 Å². The van der Waals surface area contributed by atoms with E-state index in [1.54, 1.807) is 0 Å². The van der Waals surface area contributed by atoms with Crippen molar-refractivity contribution in [2.45, 2.75) is 32.7 Å². The van der Waals surface area contributed by atoms with Crippen molar-refractivity contribution in [1.29, 1.82) is 0 Å². The Bertz CT molecular complexity index is 356. The Hall–Kier alpha value is -0.510. The highest BCUT2D eigenvalue weighted by Crippen LogP contribution is 2.13. The van der Waals surface area contributed by atoms with E-state index in [2.05, 4.69) is 53.2 Å². The van der Waals surface area contributed by atoms with Crippen LogP contribution in [0.5, 0.6) is 0 Å². The minimum absolute atomic E-state index is 1.09. The summed E-state index contributed by atoms with van der Waals surface area (Å²) in [6.45, 7) is 8.06. The first-order valence-corrected chi connectivity index (χ1v) is 9.12. The molecule has 1 fully saturated rings. The van der Waals surface area contributed by atoms with Crippen LogP contribution in [-0.2, 0) is 13.0 Å². The Morgan fingerprint density at radius 1 is 1.05 bits per heavy atom. The van der Waals surface area contributed by atoms with E-state index in [-0.39, 0.29) is 0 Å². The van der Waals surface area contributed by atoms with Crippen LogP contribution in [0.15, 0.2) is 24.3 Å². The van der Waals surface area contributed by atoms with Crippen LogP contribution in [0.2, 0.25) is 0 Å². The van der Waals surface area contributed by atoms with Gasteiger partial charge in [-0.25, -0.2) is 0 Å². The number of nitrogens with zero attached hydrogens (tertiary/aromatic N) is 1. The van der Waals surface area contributed by atoms with E-state index >= 15 is 0 Å². The van der Waals surface area contributed by atoms with Crippen molar-refractivity contribution in [3.8, 4) is 0 Å². The third-order valence-corrected chi connectivity index (χ3v) is 4.81. The standard InChI is InChI=1S/C17H28N2S/c1-2-9-18-10-8-16-4-6-17(7-5-16)15-19-11-3-13-20-14-12-19/h4-7,18H,2-3,8-15H2,1H3. The highest BCUT2D eigenvalue weighted by molar-refractivity contribution is 7.99. The van der Waals surface area contributed by atoms with E-state index in [1.807, 2.05) is 0 Å². The smallest absolute Gasteiger partial charge is 0.0234 e. The maximum atomic E-state index is 3.46. The maximum Gasteiger partial charge on any atom is 0.0234 e. The molecule has 0 saturated carbocycles. The average Bonchev–Trinajstić information content (AvgIpc) is 2.74. The van der Waals surface area contributed by atoms with Gasteiger partial charge in [-0.15, -0.1) is 0 Å². The van der Waals surface area contributed by atoms with E-state index in [4.69, 9.17) is 0 Å². The lowest BCUT2D eigenvalue weighted by Gasteiger charge is -2.19. The molecule has 1 heterocycles. The molecular formula is C17H28N2S. The van der Waals surface area contributed by atoms with Crippen molar-refractivity contribution in [1.82, 2.24) is 10.2 Å². The van der Waals surface area contributed by atoms with E-state index in [1.165, 1.54) is 48.6 Å². The number of nitrogens with one attached hydrogen (secondary N) is 1. The van der Waals surface area contributed by atoms with Gasteiger partial charge in [0.05, 0.1) is 0 Å². The fraction of sp³-hybridized carbons (Fsp3) is 0.647. The second kappa shape index (κ2) is 9.43. The molecule has 112 valence electrons. The zero-order chi connectivity index (χ0) is 14.0. The number of rotatable bonds is 7. The normalized spacial score (nSPS) is 17.1. The van der Waals surface area contributed by atoms with E-state index in [0.717, 1.165) is 26.1 Å². The lowest BCUT2D eigenvalue weighted by Crippen LogP contribution is -2.25. The molecule has 1 aliphatic heterocycles. The molecule has 1 aromatic carbocycles. The molecule has 2 rings (SSSR count). The molecule has 0 unspecified atom stereocenters. The van der Waals surface area contributed by atoms with Crippen molar-refractivity contribution < 1.29 is 0 Å². The summed E-state index contributed by atoms with van der Waals surface area (Å²) in [4.78, 5) is 2.60. The van der Waals surface area contributed by atoms with Gasteiger partial charge >= 0.3 is 0 Å². The largest absolute Gasteiger partial charge is 0.316 e. The zero-order valence-electron chi connectivity index (χ0n) is 12.7. The molecule has 1 saturated heterocycles. The third-order valence-electron chi connectivity index (χ3n) is 3.76. The maximum absolute atomic E-state index is 3.46. The van der Waals surface area contributed by atoms with Crippen molar-refractivity contribution in [2.75, 3.05) is 37.7 Å². The van der Waals surface area contributed by atoms with Gasteiger partial charge in [-0.05, 0) is 55.8 Å². The highest BCUT2D eigenvalue weighted by Gasteiger charge is 2.09. The number of benzene rings is 1. The molecule has 20 heavy (non-hydrogen) atoms. The summed E-state index contributed by atoms with van der Waals surface area (Å²) in [5, 5.41) is 3.46. The Morgan fingerprint density at radius 2 is 1.85 bits per heavy atom. The molecule has 0 aromatic heterocycles. The first-order valence-electron chi connectivity index (χ1n) is 7.97. The number of hydrogen-bond acceptors (Lipinski definition) is 3. The van der Waals surface area contributed by atoms with Gasteiger partial charge in [0.25, 0.3) is 0 Å². The van der Waals surface area contributed by atoms with Crippen LogP contribution in [0, 0.1) is 0 Å². The van der Waals surface area contributed by atoms with E-state index in [0.29, 0.717) is 0 Å². The van der Waals surface area contributed by atoms with E-state index < -0.39 is 0 Å². The van der Waals surface area contributed by atoms with Gasteiger partial charge in [0.2, 0.25) is 0 Å².